The van der Waals surface area contributed by atoms with Gasteiger partial charge in [0.1, 0.15) is 28.9 Å². The zero-order valence-corrected chi connectivity index (χ0v) is 42.0. The van der Waals surface area contributed by atoms with Crippen LogP contribution >= 0.6 is 0 Å². The first-order chi connectivity index (χ1) is 31.2. The van der Waals surface area contributed by atoms with Crippen LogP contribution in [0.1, 0.15) is 138 Å². The maximum atomic E-state index is 13.4. The van der Waals surface area contributed by atoms with E-state index in [1.54, 1.807) is 69.2 Å². The number of esters is 2. The number of ether oxygens (including phenoxy) is 10. The van der Waals surface area contributed by atoms with Crippen molar-refractivity contribution in [1.82, 2.24) is 21.3 Å². The molecule has 67 heavy (non-hydrogen) atoms. The SMILES string of the molecule is COC(=O)[C@H](CCNC(=O)Oc1c(C)c(CCCCCCCCCCOC(=O)OC(C)(C)C)c(OC(=O)NCC[C@H](NC(=O)OC(C)(C)C)C(=O)OC)c(OC)c1OC)NC(=O)OC(C)(C)C. The predicted octanol–water partition coefficient (Wildman–Crippen LogP) is 7.72. The third-order valence-electron chi connectivity index (χ3n) is 9.17. The van der Waals surface area contributed by atoms with Gasteiger partial charge in [0.25, 0.3) is 0 Å². The first-order valence-electron chi connectivity index (χ1n) is 22.4. The van der Waals surface area contributed by atoms with Gasteiger partial charge in [-0.25, -0.2) is 33.6 Å². The van der Waals surface area contributed by atoms with E-state index in [0.717, 1.165) is 59.2 Å². The molecular formula is C46H76N4O17. The predicted molar refractivity (Wildman–Crippen MR) is 245 cm³/mol. The minimum absolute atomic E-state index is 0.00115. The molecule has 0 aromatic heterocycles. The smallest absolute Gasteiger partial charge is 0.490 e. The molecule has 0 aliphatic heterocycles. The number of hydrogen-bond donors (Lipinski definition) is 4. The number of amides is 4. The summed E-state index contributed by atoms with van der Waals surface area (Å²) in [5, 5.41) is 10.0. The highest BCUT2D eigenvalue weighted by atomic mass is 16.7. The van der Waals surface area contributed by atoms with Crippen LogP contribution < -0.4 is 40.2 Å². The number of rotatable bonds is 25. The van der Waals surface area contributed by atoms with Gasteiger partial charge in [-0.05, 0) is 101 Å². The summed E-state index contributed by atoms with van der Waals surface area (Å²) in [4.78, 5) is 88.1. The molecule has 21 heteroatoms. The van der Waals surface area contributed by atoms with Gasteiger partial charge in [-0.1, -0.05) is 38.5 Å². The van der Waals surface area contributed by atoms with Crippen molar-refractivity contribution >= 4 is 42.5 Å². The van der Waals surface area contributed by atoms with E-state index in [4.69, 9.17) is 47.4 Å². The fraction of sp³-hybridized carbons (Fsp3) is 0.717. The van der Waals surface area contributed by atoms with E-state index in [-0.39, 0.29) is 55.5 Å². The quantitative estimate of drug-likeness (QED) is 0.0415. The first-order valence-corrected chi connectivity index (χ1v) is 22.4. The van der Waals surface area contributed by atoms with E-state index >= 15 is 0 Å². The fourth-order valence-electron chi connectivity index (χ4n) is 6.20. The highest BCUT2D eigenvalue weighted by Gasteiger charge is 2.31. The van der Waals surface area contributed by atoms with E-state index in [0.29, 0.717) is 24.0 Å². The molecule has 0 radical (unpaired) electrons. The molecule has 1 rings (SSSR count). The van der Waals surface area contributed by atoms with Crippen molar-refractivity contribution < 1.29 is 80.9 Å². The lowest BCUT2D eigenvalue weighted by Crippen LogP contribution is -2.45. The number of unbranched alkanes of at least 4 members (excludes halogenated alkanes) is 7. The zero-order chi connectivity index (χ0) is 51.0. The van der Waals surface area contributed by atoms with Gasteiger partial charge in [-0.15, -0.1) is 0 Å². The third kappa shape index (κ3) is 24.5. The summed E-state index contributed by atoms with van der Waals surface area (Å²) in [6.07, 6.45) is 2.83. The Kier molecular flexibility index (Phi) is 25.6. The third-order valence-corrected chi connectivity index (χ3v) is 9.17. The molecule has 2 atom stereocenters. The number of hydrogen-bond acceptors (Lipinski definition) is 17. The molecule has 4 amide bonds. The van der Waals surface area contributed by atoms with Gasteiger partial charge in [-0.2, -0.15) is 0 Å². The van der Waals surface area contributed by atoms with Crippen LogP contribution in [0.15, 0.2) is 0 Å². The number of benzene rings is 1. The number of nitrogens with one attached hydrogen (secondary N) is 4. The standard InChI is InChI=1S/C46H76N4O17/c1-29-30(23-21-19-17-15-16-18-20-22-28-62-43(57)67-46(8,9)10)34(64-40(54)48-27-25-32(38(52)61-14)50-42(56)66-45(5,6)7)36(59-12)35(58-11)33(29)63-39(53)47-26-24-31(37(51)60-13)49-41(55)65-44(2,3)4/h31-32H,15-28H2,1-14H3,(H,47,53)(H,48,54)(H,49,55)(H,50,56)/t31-,32-/m0/s1. The summed E-state index contributed by atoms with van der Waals surface area (Å²) < 4.78 is 53.4. The van der Waals surface area contributed by atoms with Crippen LogP contribution in [0.4, 0.5) is 24.0 Å². The summed E-state index contributed by atoms with van der Waals surface area (Å²) in [5.74, 6) is -1.65. The van der Waals surface area contributed by atoms with E-state index in [1.807, 2.05) is 0 Å². The molecule has 21 nitrogen and oxygen atoms in total. The summed E-state index contributed by atoms with van der Waals surface area (Å²) >= 11 is 0. The van der Waals surface area contributed by atoms with Gasteiger partial charge in [0.2, 0.25) is 11.5 Å². The minimum atomic E-state index is -1.15. The molecule has 1 aromatic rings. The Labute approximate surface area is 394 Å². The van der Waals surface area contributed by atoms with Gasteiger partial charge < -0.3 is 68.6 Å². The Bertz CT molecular complexity index is 1780. The molecule has 4 N–H and O–H groups in total. The van der Waals surface area contributed by atoms with Crippen molar-refractivity contribution in [2.45, 2.75) is 169 Å². The maximum absolute atomic E-state index is 13.4. The van der Waals surface area contributed by atoms with Gasteiger partial charge in [-0.3, -0.25) is 0 Å². The number of carbonyl (C=O) groups excluding carboxylic acids is 7. The van der Waals surface area contributed by atoms with Crippen molar-refractivity contribution in [1.29, 1.82) is 0 Å². The van der Waals surface area contributed by atoms with Crippen molar-refractivity contribution in [3.8, 4) is 23.0 Å². The zero-order valence-electron chi connectivity index (χ0n) is 42.0. The molecule has 0 aliphatic rings. The minimum Gasteiger partial charge on any atom is -0.490 e. The maximum Gasteiger partial charge on any atom is 0.508 e. The highest BCUT2D eigenvalue weighted by molar-refractivity contribution is 5.83. The Morgan fingerprint density at radius 3 is 1.28 bits per heavy atom. The van der Waals surface area contributed by atoms with Crippen molar-refractivity contribution in [3.63, 3.8) is 0 Å². The van der Waals surface area contributed by atoms with Gasteiger partial charge >= 0.3 is 42.5 Å². The first kappa shape index (κ1) is 59.1. The second-order valence-corrected chi connectivity index (χ2v) is 18.4. The lowest BCUT2D eigenvalue weighted by Gasteiger charge is -2.23. The molecule has 382 valence electrons. The second-order valence-electron chi connectivity index (χ2n) is 18.4. The summed E-state index contributed by atoms with van der Waals surface area (Å²) in [7, 11) is 4.96. The van der Waals surface area contributed by atoms with Crippen LogP contribution in [0.5, 0.6) is 23.0 Å². The normalized spacial score (nSPS) is 12.3. The Morgan fingerprint density at radius 1 is 0.493 bits per heavy atom. The van der Waals surface area contributed by atoms with Gasteiger partial charge in [0.05, 0.1) is 35.0 Å². The van der Waals surface area contributed by atoms with E-state index in [1.165, 1.54) is 14.2 Å². The molecule has 0 spiro atoms. The van der Waals surface area contributed by atoms with Crippen LogP contribution in [0.25, 0.3) is 0 Å². The van der Waals surface area contributed by atoms with Crippen molar-refractivity contribution in [2.24, 2.45) is 0 Å². The lowest BCUT2D eigenvalue weighted by molar-refractivity contribution is -0.144. The molecule has 0 saturated heterocycles. The number of methoxy groups -OCH3 is 4. The summed E-state index contributed by atoms with van der Waals surface area (Å²) in [5.41, 5.74) is -1.38. The Hall–Kier alpha value is -5.89. The molecule has 0 heterocycles. The fourth-order valence-corrected chi connectivity index (χ4v) is 6.20. The van der Waals surface area contributed by atoms with Gasteiger partial charge in [0, 0.05) is 24.2 Å². The second kappa shape index (κ2) is 29.0. The average molecular weight is 957 g/mol. The molecule has 0 fully saturated rings. The van der Waals surface area contributed by atoms with E-state index in [9.17, 15) is 33.6 Å². The molecule has 0 bridgehead atoms. The lowest BCUT2D eigenvalue weighted by atomic mass is 9.98. The van der Waals surface area contributed by atoms with Crippen molar-refractivity contribution in [3.05, 3.63) is 11.1 Å². The summed E-state index contributed by atoms with van der Waals surface area (Å²) in [6, 6.07) is -2.30. The van der Waals surface area contributed by atoms with Crippen LogP contribution in [-0.4, -0.2) is 119 Å². The van der Waals surface area contributed by atoms with E-state index in [2.05, 4.69) is 21.3 Å². The molecule has 0 saturated carbocycles. The largest absolute Gasteiger partial charge is 0.508 e. The monoisotopic (exact) mass is 957 g/mol. The Morgan fingerprint density at radius 2 is 0.881 bits per heavy atom. The summed E-state index contributed by atoms with van der Waals surface area (Å²) in [6.45, 7) is 17.0. The molecule has 0 aliphatic carbocycles. The van der Waals surface area contributed by atoms with Gasteiger partial charge in [0.15, 0.2) is 11.5 Å². The number of alkyl carbamates (subject to hydrolysis) is 2. The van der Waals surface area contributed by atoms with Crippen LogP contribution in [0, 0.1) is 6.92 Å². The van der Waals surface area contributed by atoms with Crippen LogP contribution in [0.3, 0.4) is 0 Å². The average Bonchev–Trinajstić information content (AvgIpc) is 3.21. The Balaban J connectivity index is 3.24. The number of carbonyl (C=O) groups is 7. The highest BCUT2D eigenvalue weighted by Crippen LogP contribution is 2.50. The topological polar surface area (TPSA) is 260 Å². The molecule has 1 aromatic carbocycles. The van der Waals surface area contributed by atoms with Crippen LogP contribution in [0.2, 0.25) is 0 Å². The molecular weight excluding hydrogens is 881 g/mol. The van der Waals surface area contributed by atoms with E-state index < -0.39 is 71.4 Å². The van der Waals surface area contributed by atoms with Crippen LogP contribution in [-0.2, 0) is 44.4 Å². The molecule has 0 unspecified atom stereocenters. The van der Waals surface area contributed by atoms with Crippen molar-refractivity contribution in [2.75, 3.05) is 48.1 Å².